The van der Waals surface area contributed by atoms with E-state index in [1.54, 1.807) is 13.8 Å². The van der Waals surface area contributed by atoms with Gasteiger partial charge in [-0.25, -0.2) is 4.79 Å². The third-order valence-corrected chi connectivity index (χ3v) is 5.40. The Bertz CT molecular complexity index is 900. The fraction of sp³-hybridized carbons (Fsp3) is 0.571. The molecule has 2 amide bonds. The molecule has 3 N–H and O–H groups in total. The quantitative estimate of drug-likeness (QED) is 0.688. The van der Waals surface area contributed by atoms with Crippen LogP contribution >= 0.6 is 0 Å². The summed E-state index contributed by atoms with van der Waals surface area (Å²) in [7, 11) is 0. The normalized spacial score (nSPS) is 19.9. The number of fused-ring (bicyclic) bond motifs is 1. The number of amides is 2. The molecule has 0 unspecified atom stereocenters. The predicted octanol–water partition coefficient (Wildman–Crippen LogP) is 3.02. The van der Waals surface area contributed by atoms with E-state index in [2.05, 4.69) is 10.4 Å². The second-order valence-corrected chi connectivity index (χ2v) is 8.75. The lowest BCUT2D eigenvalue weighted by atomic mass is 9.97. The topological polar surface area (TPSA) is 108 Å². The Morgan fingerprint density at radius 1 is 1.31 bits per heavy atom. The number of hydrogen-bond donors (Lipinski definition) is 3. The van der Waals surface area contributed by atoms with E-state index in [9.17, 15) is 19.8 Å². The van der Waals surface area contributed by atoms with E-state index in [4.69, 9.17) is 0 Å². The minimum atomic E-state index is -1.00. The summed E-state index contributed by atoms with van der Waals surface area (Å²) in [5.41, 5.74) is 0.402. The van der Waals surface area contributed by atoms with Gasteiger partial charge < -0.3 is 20.4 Å². The van der Waals surface area contributed by atoms with Crippen LogP contribution in [-0.4, -0.2) is 61.1 Å². The number of hydrogen-bond acceptors (Lipinski definition) is 4. The molecule has 8 nitrogen and oxygen atoms in total. The summed E-state index contributed by atoms with van der Waals surface area (Å²) >= 11 is 0. The van der Waals surface area contributed by atoms with E-state index >= 15 is 0 Å². The van der Waals surface area contributed by atoms with Crippen molar-refractivity contribution in [2.45, 2.75) is 70.7 Å². The summed E-state index contributed by atoms with van der Waals surface area (Å²) in [5.74, 6) is -0.293. The maximum Gasteiger partial charge on any atom is 0.407 e. The highest BCUT2D eigenvalue weighted by atomic mass is 16.4. The van der Waals surface area contributed by atoms with E-state index < -0.39 is 11.7 Å². The van der Waals surface area contributed by atoms with Gasteiger partial charge in [-0.05, 0) is 53.0 Å². The first-order valence-electron chi connectivity index (χ1n) is 10.1. The van der Waals surface area contributed by atoms with Gasteiger partial charge >= 0.3 is 6.09 Å². The molecule has 2 atom stereocenters. The molecule has 1 aromatic heterocycles. The predicted molar refractivity (Wildman–Crippen MR) is 110 cm³/mol. The Balaban J connectivity index is 1.76. The highest BCUT2D eigenvalue weighted by Crippen LogP contribution is 2.26. The van der Waals surface area contributed by atoms with Gasteiger partial charge in [-0.2, -0.15) is 5.10 Å². The Labute approximate surface area is 170 Å². The minimum Gasteiger partial charge on any atom is -0.465 e. The molecule has 0 radical (unpaired) electrons. The average Bonchev–Trinajstić information content (AvgIpc) is 3.21. The standard InChI is InChI=1S/C21H30N4O4/c1-13(2)25-17-8-6-5-7-16(17)18(23-25)19(26)22-14-11-15(9-10-21(3,4)29)24(12-14)20(27)28/h5-8,13-15,29H,9-12H2,1-4H3,(H,22,26)(H,27,28)/t14-,15+/m0/s1. The molecule has 3 rings (SSSR count). The zero-order valence-electron chi connectivity index (χ0n) is 17.4. The molecular formula is C21H30N4O4. The van der Waals surface area contributed by atoms with Crippen molar-refractivity contribution in [3.8, 4) is 0 Å². The summed E-state index contributed by atoms with van der Waals surface area (Å²) in [6.45, 7) is 7.68. The molecule has 8 heteroatoms. The van der Waals surface area contributed by atoms with Crippen molar-refractivity contribution in [1.29, 1.82) is 0 Å². The van der Waals surface area contributed by atoms with Crippen LogP contribution in [0.25, 0.3) is 10.9 Å². The van der Waals surface area contributed by atoms with Crippen molar-refractivity contribution < 1.29 is 19.8 Å². The Morgan fingerprint density at radius 3 is 2.62 bits per heavy atom. The van der Waals surface area contributed by atoms with E-state index in [1.165, 1.54) is 4.90 Å². The summed E-state index contributed by atoms with van der Waals surface area (Å²) in [4.78, 5) is 25.9. The monoisotopic (exact) mass is 402 g/mol. The fourth-order valence-electron chi connectivity index (χ4n) is 3.95. The van der Waals surface area contributed by atoms with Gasteiger partial charge in [0.2, 0.25) is 0 Å². The number of carbonyl (C=O) groups is 2. The zero-order chi connectivity index (χ0) is 21.3. The first-order valence-corrected chi connectivity index (χ1v) is 10.1. The Morgan fingerprint density at radius 2 is 2.00 bits per heavy atom. The van der Waals surface area contributed by atoms with Gasteiger partial charge in [0.1, 0.15) is 0 Å². The maximum absolute atomic E-state index is 13.0. The average molecular weight is 402 g/mol. The van der Waals surface area contributed by atoms with Crippen LogP contribution in [-0.2, 0) is 0 Å². The van der Waals surface area contributed by atoms with Gasteiger partial charge in [0.25, 0.3) is 5.91 Å². The summed E-state index contributed by atoms with van der Waals surface area (Å²) in [6.07, 6.45) is 0.562. The second-order valence-electron chi connectivity index (χ2n) is 8.75. The second kappa shape index (κ2) is 8.02. The number of para-hydroxylation sites is 1. The number of rotatable bonds is 6. The first kappa shape index (κ1) is 21.1. The summed E-state index contributed by atoms with van der Waals surface area (Å²) in [6, 6.07) is 7.21. The van der Waals surface area contributed by atoms with Crippen molar-refractivity contribution in [2.75, 3.05) is 6.54 Å². The van der Waals surface area contributed by atoms with Gasteiger partial charge in [-0.1, -0.05) is 18.2 Å². The molecule has 0 bridgehead atoms. The number of nitrogens with one attached hydrogen (secondary N) is 1. The van der Waals surface area contributed by atoms with Crippen LogP contribution in [0.1, 0.15) is 63.5 Å². The third-order valence-electron chi connectivity index (χ3n) is 5.40. The van der Waals surface area contributed by atoms with Crippen molar-refractivity contribution >= 4 is 22.9 Å². The van der Waals surface area contributed by atoms with Crippen molar-refractivity contribution in [2.24, 2.45) is 0 Å². The smallest absolute Gasteiger partial charge is 0.407 e. The minimum absolute atomic E-state index is 0.113. The van der Waals surface area contributed by atoms with Gasteiger partial charge in [0.05, 0.1) is 11.1 Å². The van der Waals surface area contributed by atoms with Crippen LogP contribution < -0.4 is 5.32 Å². The molecule has 2 heterocycles. The number of aliphatic hydroxyl groups is 1. The van der Waals surface area contributed by atoms with Crippen LogP contribution in [0.4, 0.5) is 4.79 Å². The lowest BCUT2D eigenvalue weighted by Crippen LogP contribution is -2.39. The lowest BCUT2D eigenvalue weighted by Gasteiger charge is -2.24. The molecule has 1 aliphatic rings. The molecule has 1 saturated heterocycles. The van der Waals surface area contributed by atoms with Crippen LogP contribution in [0.3, 0.4) is 0 Å². The number of carbonyl (C=O) groups excluding carboxylic acids is 1. The van der Waals surface area contributed by atoms with Crippen LogP contribution in [0.15, 0.2) is 24.3 Å². The highest BCUT2D eigenvalue weighted by molar-refractivity contribution is 6.05. The molecule has 2 aromatic rings. The van der Waals surface area contributed by atoms with E-state index in [0.29, 0.717) is 25.0 Å². The van der Waals surface area contributed by atoms with Crippen molar-refractivity contribution in [3.63, 3.8) is 0 Å². The van der Waals surface area contributed by atoms with E-state index in [1.807, 2.05) is 42.8 Å². The number of likely N-dealkylation sites (tertiary alicyclic amines) is 1. The summed E-state index contributed by atoms with van der Waals surface area (Å²) in [5, 5.41) is 27.8. The van der Waals surface area contributed by atoms with Crippen molar-refractivity contribution in [3.05, 3.63) is 30.0 Å². The Kier molecular flexibility index (Phi) is 5.84. The lowest BCUT2D eigenvalue weighted by molar-refractivity contribution is 0.0592. The van der Waals surface area contributed by atoms with Crippen molar-refractivity contribution in [1.82, 2.24) is 20.0 Å². The van der Waals surface area contributed by atoms with Gasteiger partial charge in [-0.3, -0.25) is 9.48 Å². The number of carboxylic acid groups (broad SMARTS) is 1. The molecule has 1 aliphatic heterocycles. The van der Waals surface area contributed by atoms with Gasteiger partial charge in [0.15, 0.2) is 5.69 Å². The van der Waals surface area contributed by atoms with Crippen LogP contribution in [0.5, 0.6) is 0 Å². The van der Waals surface area contributed by atoms with Crippen LogP contribution in [0.2, 0.25) is 0 Å². The van der Waals surface area contributed by atoms with Gasteiger partial charge in [-0.15, -0.1) is 0 Å². The molecule has 29 heavy (non-hydrogen) atoms. The van der Waals surface area contributed by atoms with Gasteiger partial charge in [0, 0.05) is 30.1 Å². The SMILES string of the molecule is CC(C)n1nc(C(=O)N[C@H]2C[C@@H](CCC(C)(C)O)N(C(=O)O)C2)c2ccccc21. The molecule has 0 saturated carbocycles. The number of benzene rings is 1. The number of aromatic nitrogens is 2. The largest absolute Gasteiger partial charge is 0.465 e. The summed E-state index contributed by atoms with van der Waals surface area (Å²) < 4.78 is 1.83. The Hall–Kier alpha value is -2.61. The number of nitrogens with zero attached hydrogens (tertiary/aromatic N) is 3. The zero-order valence-corrected chi connectivity index (χ0v) is 17.4. The van der Waals surface area contributed by atoms with E-state index in [-0.39, 0.29) is 30.6 Å². The maximum atomic E-state index is 13.0. The fourth-order valence-corrected chi connectivity index (χ4v) is 3.95. The molecule has 1 aromatic carbocycles. The highest BCUT2D eigenvalue weighted by Gasteiger charge is 2.37. The molecule has 158 valence electrons. The first-order chi connectivity index (χ1) is 13.6. The third kappa shape index (κ3) is 4.70. The molecule has 0 spiro atoms. The molecule has 0 aliphatic carbocycles. The van der Waals surface area contributed by atoms with Crippen LogP contribution in [0, 0.1) is 0 Å². The molecule has 1 fully saturated rings. The molecular weight excluding hydrogens is 372 g/mol. The van der Waals surface area contributed by atoms with E-state index in [0.717, 1.165) is 10.9 Å².